The van der Waals surface area contributed by atoms with Gasteiger partial charge < -0.3 is 5.11 Å². The van der Waals surface area contributed by atoms with Crippen LogP contribution in [0.5, 0.6) is 0 Å². The average molecular weight is 232 g/mol. The predicted molar refractivity (Wildman–Crippen MR) is 68.3 cm³/mol. The number of rotatable bonds is 4. The monoisotopic (exact) mass is 232 g/mol. The van der Waals surface area contributed by atoms with E-state index in [0.29, 0.717) is 0 Å². The number of hydrogen-bond donors (Lipinski definition) is 1. The molecule has 0 bridgehead atoms. The van der Waals surface area contributed by atoms with Gasteiger partial charge in [-0.25, -0.2) is 0 Å². The molecule has 1 aliphatic rings. The molecular weight excluding hydrogens is 212 g/mol. The van der Waals surface area contributed by atoms with Crippen molar-refractivity contribution in [3.8, 4) is 0 Å². The Morgan fingerprint density at radius 3 is 2.29 bits per heavy atom. The fourth-order valence-electron chi connectivity index (χ4n) is 2.43. The topological polar surface area (TPSA) is 37.3 Å². The highest BCUT2D eigenvalue weighted by Crippen LogP contribution is 2.37. The lowest BCUT2D eigenvalue weighted by atomic mass is 9.77. The Bertz CT molecular complexity index is 399. The van der Waals surface area contributed by atoms with E-state index in [1.54, 1.807) is 0 Å². The Morgan fingerprint density at radius 1 is 1.29 bits per heavy atom. The van der Waals surface area contributed by atoms with E-state index in [0.717, 1.165) is 11.5 Å². The minimum atomic E-state index is -0.738. The standard InChI is InChI=1S/C15H20O2/c1-15(2,10-14(16)17)13-8-6-12(7-9-13)11-4-3-5-11/h6-9,11H,3-5,10H2,1-2H3,(H,16,17). The second kappa shape index (κ2) is 4.52. The summed E-state index contributed by atoms with van der Waals surface area (Å²) in [5.74, 6) is 0.00436. The van der Waals surface area contributed by atoms with Crippen LogP contribution >= 0.6 is 0 Å². The van der Waals surface area contributed by atoms with Crippen LogP contribution < -0.4 is 0 Å². The quantitative estimate of drug-likeness (QED) is 0.859. The lowest BCUT2D eigenvalue weighted by Gasteiger charge is -2.27. The molecule has 0 aromatic heterocycles. The summed E-state index contributed by atoms with van der Waals surface area (Å²) in [4.78, 5) is 10.8. The molecule has 1 saturated carbocycles. The summed E-state index contributed by atoms with van der Waals surface area (Å²) in [6, 6.07) is 8.53. The van der Waals surface area contributed by atoms with E-state index in [-0.39, 0.29) is 11.8 Å². The first-order valence-corrected chi connectivity index (χ1v) is 6.31. The molecule has 0 amide bonds. The van der Waals surface area contributed by atoms with E-state index in [9.17, 15) is 4.79 Å². The summed E-state index contributed by atoms with van der Waals surface area (Å²) in [7, 11) is 0. The minimum absolute atomic E-state index is 0.176. The second-order valence-corrected chi connectivity index (χ2v) is 5.70. The van der Waals surface area contributed by atoms with Crippen molar-refractivity contribution in [1.82, 2.24) is 0 Å². The van der Waals surface area contributed by atoms with Crippen LogP contribution in [0, 0.1) is 0 Å². The van der Waals surface area contributed by atoms with Gasteiger partial charge in [0.05, 0.1) is 6.42 Å². The lowest BCUT2D eigenvalue weighted by molar-refractivity contribution is -0.138. The highest BCUT2D eigenvalue weighted by Gasteiger charge is 2.25. The van der Waals surface area contributed by atoms with E-state index in [2.05, 4.69) is 24.3 Å². The largest absolute Gasteiger partial charge is 0.481 e. The van der Waals surface area contributed by atoms with Gasteiger partial charge in [0.1, 0.15) is 0 Å². The molecule has 0 aliphatic heterocycles. The van der Waals surface area contributed by atoms with Crippen molar-refractivity contribution in [2.75, 3.05) is 0 Å². The number of benzene rings is 1. The Labute approximate surface area is 103 Å². The first kappa shape index (κ1) is 12.2. The van der Waals surface area contributed by atoms with Gasteiger partial charge in [0.2, 0.25) is 0 Å². The van der Waals surface area contributed by atoms with Crippen molar-refractivity contribution in [3.05, 3.63) is 35.4 Å². The van der Waals surface area contributed by atoms with Gasteiger partial charge in [-0.05, 0) is 29.9 Å². The fourth-order valence-corrected chi connectivity index (χ4v) is 2.43. The maximum Gasteiger partial charge on any atom is 0.304 e. The summed E-state index contributed by atoms with van der Waals surface area (Å²) in [6.45, 7) is 3.97. The summed E-state index contributed by atoms with van der Waals surface area (Å²) < 4.78 is 0. The smallest absolute Gasteiger partial charge is 0.304 e. The third kappa shape index (κ3) is 2.68. The summed E-state index contributed by atoms with van der Waals surface area (Å²) in [5, 5.41) is 8.90. The molecule has 0 atom stereocenters. The van der Waals surface area contributed by atoms with Gasteiger partial charge in [-0.3, -0.25) is 4.79 Å². The van der Waals surface area contributed by atoms with Gasteiger partial charge in [0, 0.05) is 5.41 Å². The van der Waals surface area contributed by atoms with Crippen molar-refractivity contribution in [1.29, 1.82) is 0 Å². The lowest BCUT2D eigenvalue weighted by Crippen LogP contribution is -2.21. The molecule has 2 heteroatoms. The van der Waals surface area contributed by atoms with Gasteiger partial charge in [-0.1, -0.05) is 44.5 Å². The van der Waals surface area contributed by atoms with Gasteiger partial charge in [0.25, 0.3) is 0 Å². The molecule has 1 aliphatic carbocycles. The van der Waals surface area contributed by atoms with E-state index >= 15 is 0 Å². The highest BCUT2D eigenvalue weighted by atomic mass is 16.4. The van der Waals surface area contributed by atoms with Crippen molar-refractivity contribution in [2.45, 2.75) is 50.9 Å². The molecule has 17 heavy (non-hydrogen) atoms. The van der Waals surface area contributed by atoms with E-state index in [1.807, 2.05) is 13.8 Å². The molecule has 1 fully saturated rings. The first-order chi connectivity index (χ1) is 7.99. The molecule has 0 radical (unpaired) electrons. The first-order valence-electron chi connectivity index (χ1n) is 6.31. The molecule has 1 N–H and O–H groups in total. The van der Waals surface area contributed by atoms with Crippen LogP contribution in [0.1, 0.15) is 56.6 Å². The fraction of sp³-hybridized carbons (Fsp3) is 0.533. The molecule has 2 nitrogen and oxygen atoms in total. The second-order valence-electron chi connectivity index (χ2n) is 5.70. The number of carbonyl (C=O) groups is 1. The number of carboxylic acid groups (broad SMARTS) is 1. The molecule has 0 saturated heterocycles. The van der Waals surface area contributed by atoms with Crippen LogP contribution in [0.25, 0.3) is 0 Å². The van der Waals surface area contributed by atoms with Crippen molar-refractivity contribution in [2.24, 2.45) is 0 Å². The van der Waals surface area contributed by atoms with Gasteiger partial charge in [-0.15, -0.1) is 0 Å². The van der Waals surface area contributed by atoms with Gasteiger partial charge in [0.15, 0.2) is 0 Å². The third-order valence-corrected chi connectivity index (χ3v) is 3.86. The zero-order valence-electron chi connectivity index (χ0n) is 10.6. The number of carboxylic acids is 1. The van der Waals surface area contributed by atoms with Crippen LogP contribution in [-0.4, -0.2) is 11.1 Å². The third-order valence-electron chi connectivity index (χ3n) is 3.86. The van der Waals surface area contributed by atoms with Crippen LogP contribution in [0.2, 0.25) is 0 Å². The minimum Gasteiger partial charge on any atom is -0.481 e. The molecule has 2 rings (SSSR count). The molecule has 1 aromatic rings. The summed E-state index contributed by atoms with van der Waals surface area (Å²) >= 11 is 0. The van der Waals surface area contributed by atoms with Crippen molar-refractivity contribution < 1.29 is 9.90 Å². The summed E-state index contributed by atoms with van der Waals surface area (Å²) in [6.07, 6.45) is 4.13. The Balaban J connectivity index is 2.13. The van der Waals surface area contributed by atoms with E-state index < -0.39 is 5.97 Å². The predicted octanol–water partition coefficient (Wildman–Crippen LogP) is 3.71. The molecule has 92 valence electrons. The normalized spacial score (nSPS) is 16.6. The van der Waals surface area contributed by atoms with Crippen molar-refractivity contribution in [3.63, 3.8) is 0 Å². The SMILES string of the molecule is CC(C)(CC(=O)O)c1ccc(C2CCC2)cc1. The zero-order chi connectivity index (χ0) is 12.5. The van der Waals surface area contributed by atoms with E-state index in [4.69, 9.17) is 5.11 Å². The number of hydrogen-bond acceptors (Lipinski definition) is 1. The van der Waals surface area contributed by atoms with Crippen LogP contribution in [0.4, 0.5) is 0 Å². The van der Waals surface area contributed by atoms with Gasteiger partial charge >= 0.3 is 5.97 Å². The highest BCUT2D eigenvalue weighted by molar-refractivity contribution is 5.68. The van der Waals surface area contributed by atoms with Crippen LogP contribution in [0.15, 0.2) is 24.3 Å². The molecule has 1 aromatic carbocycles. The molecular formula is C15H20O2. The van der Waals surface area contributed by atoms with Crippen molar-refractivity contribution >= 4 is 5.97 Å². The molecule has 0 unspecified atom stereocenters. The Morgan fingerprint density at radius 2 is 1.88 bits per heavy atom. The Kier molecular flexibility index (Phi) is 3.23. The molecule has 0 spiro atoms. The Hall–Kier alpha value is -1.31. The maximum absolute atomic E-state index is 10.8. The van der Waals surface area contributed by atoms with Gasteiger partial charge in [-0.2, -0.15) is 0 Å². The number of aliphatic carboxylic acids is 1. The molecule has 0 heterocycles. The summed E-state index contributed by atoms with van der Waals surface area (Å²) in [5.41, 5.74) is 2.23. The average Bonchev–Trinajstić information content (AvgIpc) is 2.13. The van der Waals surface area contributed by atoms with Crippen LogP contribution in [0.3, 0.4) is 0 Å². The zero-order valence-corrected chi connectivity index (χ0v) is 10.6. The van der Waals surface area contributed by atoms with Crippen LogP contribution in [-0.2, 0) is 10.2 Å². The maximum atomic E-state index is 10.8. The van der Waals surface area contributed by atoms with E-state index in [1.165, 1.54) is 24.8 Å².